The van der Waals surface area contributed by atoms with E-state index in [0.717, 1.165) is 11.1 Å². The van der Waals surface area contributed by atoms with Crippen molar-refractivity contribution in [2.24, 2.45) is 5.73 Å². The second kappa shape index (κ2) is 4.37. The highest BCUT2D eigenvalue weighted by atomic mass is 16.3. The van der Waals surface area contributed by atoms with Gasteiger partial charge in [-0.2, -0.15) is 0 Å². The SMILES string of the molecule is Cc1ccc([C@H](O)[C@@H](N)CO)cc1. The molecular formula is C10H15NO2. The van der Waals surface area contributed by atoms with Crippen molar-refractivity contribution in [2.45, 2.75) is 19.1 Å². The van der Waals surface area contributed by atoms with E-state index in [-0.39, 0.29) is 6.61 Å². The molecule has 0 radical (unpaired) electrons. The minimum atomic E-state index is -0.786. The molecule has 0 aromatic heterocycles. The molecule has 1 rings (SSSR count). The van der Waals surface area contributed by atoms with Crippen molar-refractivity contribution in [3.63, 3.8) is 0 Å². The Kier molecular flexibility index (Phi) is 3.42. The Morgan fingerprint density at radius 2 is 1.85 bits per heavy atom. The van der Waals surface area contributed by atoms with Gasteiger partial charge in [-0.3, -0.25) is 0 Å². The summed E-state index contributed by atoms with van der Waals surface area (Å²) in [5.41, 5.74) is 7.36. The first kappa shape index (κ1) is 10.2. The Balaban J connectivity index is 2.77. The number of benzene rings is 1. The average Bonchev–Trinajstić information content (AvgIpc) is 2.17. The third kappa shape index (κ3) is 2.52. The van der Waals surface area contributed by atoms with Crippen LogP contribution in [0.4, 0.5) is 0 Å². The summed E-state index contributed by atoms with van der Waals surface area (Å²) in [7, 11) is 0. The topological polar surface area (TPSA) is 66.5 Å². The summed E-state index contributed by atoms with van der Waals surface area (Å²) in [5.74, 6) is 0. The summed E-state index contributed by atoms with van der Waals surface area (Å²) >= 11 is 0. The van der Waals surface area contributed by atoms with Gasteiger partial charge in [0, 0.05) is 0 Å². The van der Waals surface area contributed by atoms with Crippen LogP contribution >= 0.6 is 0 Å². The van der Waals surface area contributed by atoms with Crippen molar-refractivity contribution in [3.8, 4) is 0 Å². The van der Waals surface area contributed by atoms with Gasteiger partial charge in [0.05, 0.1) is 18.8 Å². The quantitative estimate of drug-likeness (QED) is 0.630. The Morgan fingerprint density at radius 1 is 1.31 bits per heavy atom. The van der Waals surface area contributed by atoms with E-state index < -0.39 is 12.1 Å². The fourth-order valence-corrected chi connectivity index (χ4v) is 1.11. The van der Waals surface area contributed by atoms with Gasteiger partial charge in [0.2, 0.25) is 0 Å². The van der Waals surface area contributed by atoms with Crippen LogP contribution in [-0.2, 0) is 0 Å². The molecule has 0 aliphatic carbocycles. The van der Waals surface area contributed by atoms with Crippen molar-refractivity contribution < 1.29 is 10.2 Å². The van der Waals surface area contributed by atoms with Crippen molar-refractivity contribution >= 4 is 0 Å². The Hall–Kier alpha value is -0.900. The van der Waals surface area contributed by atoms with Crippen LogP contribution in [0.25, 0.3) is 0 Å². The van der Waals surface area contributed by atoms with Crippen LogP contribution in [0.5, 0.6) is 0 Å². The number of aliphatic hydroxyl groups excluding tert-OH is 2. The van der Waals surface area contributed by atoms with Gasteiger partial charge in [-0.25, -0.2) is 0 Å². The highest BCUT2D eigenvalue weighted by Crippen LogP contribution is 2.15. The molecule has 13 heavy (non-hydrogen) atoms. The number of hydrogen-bond donors (Lipinski definition) is 3. The van der Waals surface area contributed by atoms with Gasteiger partial charge in [0.1, 0.15) is 0 Å². The second-order valence-electron chi connectivity index (χ2n) is 3.20. The summed E-state index contributed by atoms with van der Waals surface area (Å²) < 4.78 is 0. The van der Waals surface area contributed by atoms with Gasteiger partial charge in [-0.1, -0.05) is 29.8 Å². The van der Waals surface area contributed by atoms with E-state index in [1.165, 1.54) is 0 Å². The third-order valence-corrected chi connectivity index (χ3v) is 2.04. The fourth-order valence-electron chi connectivity index (χ4n) is 1.11. The van der Waals surface area contributed by atoms with E-state index in [9.17, 15) is 5.11 Å². The maximum Gasteiger partial charge on any atom is 0.0963 e. The lowest BCUT2D eigenvalue weighted by Gasteiger charge is -2.16. The lowest BCUT2D eigenvalue weighted by molar-refractivity contribution is 0.109. The second-order valence-corrected chi connectivity index (χ2v) is 3.20. The first-order chi connectivity index (χ1) is 6.15. The van der Waals surface area contributed by atoms with Gasteiger partial charge >= 0.3 is 0 Å². The minimum Gasteiger partial charge on any atom is -0.395 e. The minimum absolute atomic E-state index is 0.213. The molecule has 0 aliphatic rings. The third-order valence-electron chi connectivity index (χ3n) is 2.04. The molecule has 0 amide bonds. The molecule has 72 valence electrons. The standard InChI is InChI=1S/C10H15NO2/c1-7-2-4-8(5-3-7)10(13)9(11)6-12/h2-5,9-10,12-13H,6,11H2,1H3/t9-,10-/m0/s1. The lowest BCUT2D eigenvalue weighted by atomic mass is 10.0. The van der Waals surface area contributed by atoms with E-state index in [0.29, 0.717) is 0 Å². The van der Waals surface area contributed by atoms with Gasteiger partial charge in [0.25, 0.3) is 0 Å². The highest BCUT2D eigenvalue weighted by molar-refractivity contribution is 5.23. The summed E-state index contributed by atoms with van der Waals surface area (Å²) in [4.78, 5) is 0. The molecule has 1 aromatic rings. The van der Waals surface area contributed by atoms with Crippen LogP contribution in [0, 0.1) is 6.92 Å². The molecule has 0 fully saturated rings. The number of aliphatic hydroxyl groups is 2. The monoisotopic (exact) mass is 181 g/mol. The largest absolute Gasteiger partial charge is 0.395 e. The van der Waals surface area contributed by atoms with E-state index in [1.54, 1.807) is 0 Å². The average molecular weight is 181 g/mol. The molecule has 3 heteroatoms. The van der Waals surface area contributed by atoms with Crippen LogP contribution in [0.2, 0.25) is 0 Å². The molecule has 1 aromatic carbocycles. The van der Waals surface area contributed by atoms with E-state index >= 15 is 0 Å². The Morgan fingerprint density at radius 3 is 2.31 bits per heavy atom. The Labute approximate surface area is 77.8 Å². The zero-order chi connectivity index (χ0) is 9.84. The van der Waals surface area contributed by atoms with Crippen LogP contribution in [-0.4, -0.2) is 22.9 Å². The van der Waals surface area contributed by atoms with Gasteiger partial charge < -0.3 is 15.9 Å². The summed E-state index contributed by atoms with van der Waals surface area (Å²) in [6.07, 6.45) is -0.786. The van der Waals surface area contributed by atoms with E-state index in [4.69, 9.17) is 10.8 Å². The predicted molar refractivity (Wildman–Crippen MR) is 51.2 cm³/mol. The van der Waals surface area contributed by atoms with Crippen LogP contribution in [0.15, 0.2) is 24.3 Å². The van der Waals surface area contributed by atoms with Crippen molar-refractivity contribution in [2.75, 3.05) is 6.61 Å². The smallest absolute Gasteiger partial charge is 0.0963 e. The van der Waals surface area contributed by atoms with Gasteiger partial charge in [-0.15, -0.1) is 0 Å². The number of aryl methyl sites for hydroxylation is 1. The van der Waals surface area contributed by atoms with Crippen LogP contribution < -0.4 is 5.73 Å². The first-order valence-electron chi connectivity index (χ1n) is 4.26. The molecular weight excluding hydrogens is 166 g/mol. The van der Waals surface area contributed by atoms with Crippen molar-refractivity contribution in [3.05, 3.63) is 35.4 Å². The molecule has 2 atom stereocenters. The van der Waals surface area contributed by atoms with Gasteiger partial charge in [-0.05, 0) is 12.5 Å². The zero-order valence-electron chi connectivity index (χ0n) is 7.64. The Bertz CT molecular complexity index is 258. The molecule has 0 bridgehead atoms. The highest BCUT2D eigenvalue weighted by Gasteiger charge is 2.14. The molecule has 0 saturated carbocycles. The van der Waals surface area contributed by atoms with E-state index in [1.807, 2.05) is 31.2 Å². The molecule has 0 saturated heterocycles. The number of nitrogens with two attached hydrogens (primary N) is 1. The number of hydrogen-bond acceptors (Lipinski definition) is 3. The molecule has 4 N–H and O–H groups in total. The molecule has 0 unspecified atom stereocenters. The molecule has 0 aliphatic heterocycles. The van der Waals surface area contributed by atoms with Crippen molar-refractivity contribution in [1.29, 1.82) is 0 Å². The van der Waals surface area contributed by atoms with Crippen LogP contribution in [0.3, 0.4) is 0 Å². The molecule has 0 heterocycles. The molecule has 0 spiro atoms. The molecule has 3 nitrogen and oxygen atoms in total. The van der Waals surface area contributed by atoms with Gasteiger partial charge in [0.15, 0.2) is 0 Å². The zero-order valence-corrected chi connectivity index (χ0v) is 7.64. The predicted octanol–water partition coefficient (Wildman–Crippen LogP) is 0.348. The first-order valence-corrected chi connectivity index (χ1v) is 4.26. The maximum absolute atomic E-state index is 9.59. The normalized spacial score (nSPS) is 15.4. The summed E-state index contributed by atoms with van der Waals surface area (Å²) in [5, 5.41) is 18.3. The maximum atomic E-state index is 9.59. The number of rotatable bonds is 3. The lowest BCUT2D eigenvalue weighted by Crippen LogP contribution is -2.31. The van der Waals surface area contributed by atoms with Crippen LogP contribution in [0.1, 0.15) is 17.2 Å². The summed E-state index contributed by atoms with van der Waals surface area (Å²) in [6, 6.07) is 6.83. The van der Waals surface area contributed by atoms with Crippen molar-refractivity contribution in [1.82, 2.24) is 0 Å². The summed E-state index contributed by atoms with van der Waals surface area (Å²) in [6.45, 7) is 1.76. The van der Waals surface area contributed by atoms with E-state index in [2.05, 4.69) is 0 Å². The fraction of sp³-hybridized carbons (Fsp3) is 0.400.